The first-order chi connectivity index (χ1) is 16.5. The molecule has 0 aliphatic heterocycles. The minimum absolute atomic E-state index is 0.118. The SMILES string of the molecule is C=CCOC[C@@H](O)CN(CCOC)Cc1c(-c2ccccc2)nn(C)c1Oc1ccccc1F. The number of benzene rings is 2. The Bertz CT molecular complexity index is 1040. The van der Waals surface area contributed by atoms with Crippen LogP contribution < -0.4 is 4.74 Å². The van der Waals surface area contributed by atoms with Gasteiger partial charge in [0.05, 0.1) is 31.5 Å². The Hall–Kier alpha value is -3.04. The lowest BCUT2D eigenvalue weighted by molar-refractivity contribution is 0.0193. The Labute approximate surface area is 200 Å². The fraction of sp³-hybridized carbons (Fsp3) is 0.346. The number of rotatable bonds is 14. The van der Waals surface area contributed by atoms with Crippen molar-refractivity contribution in [3.05, 3.63) is 78.6 Å². The number of para-hydroxylation sites is 1. The van der Waals surface area contributed by atoms with E-state index >= 15 is 0 Å². The molecule has 0 aliphatic rings. The number of hydrogen-bond donors (Lipinski definition) is 1. The highest BCUT2D eigenvalue weighted by atomic mass is 19.1. The Kier molecular flexibility index (Phi) is 9.78. The number of halogens is 1. The van der Waals surface area contributed by atoms with Crippen LogP contribution in [-0.2, 0) is 23.1 Å². The standard InChI is InChI=1S/C26H32FN3O4/c1-4-15-33-19-21(31)17-30(14-16-32-3)18-22-25(20-10-6-5-7-11-20)28-29(2)26(22)34-24-13-9-8-12-23(24)27/h4-13,21,31H,1,14-19H2,2-3H3/t21-/m0/s1. The minimum atomic E-state index is -0.704. The Morgan fingerprint density at radius 3 is 2.62 bits per heavy atom. The fourth-order valence-electron chi connectivity index (χ4n) is 3.60. The maximum absolute atomic E-state index is 14.4. The first-order valence-corrected chi connectivity index (χ1v) is 11.1. The quantitative estimate of drug-likeness (QED) is 0.284. The summed E-state index contributed by atoms with van der Waals surface area (Å²) in [6, 6.07) is 16.0. The summed E-state index contributed by atoms with van der Waals surface area (Å²) in [6.45, 7) is 5.98. The van der Waals surface area contributed by atoms with Crippen molar-refractivity contribution in [3.63, 3.8) is 0 Å². The van der Waals surface area contributed by atoms with Gasteiger partial charge in [-0.05, 0) is 12.1 Å². The molecule has 1 aromatic heterocycles. The largest absolute Gasteiger partial charge is 0.436 e. The molecule has 0 spiro atoms. The molecule has 3 aromatic rings. The van der Waals surface area contributed by atoms with Crippen LogP contribution in [-0.4, -0.2) is 65.9 Å². The molecule has 34 heavy (non-hydrogen) atoms. The molecule has 0 saturated heterocycles. The summed E-state index contributed by atoms with van der Waals surface area (Å²) in [5, 5.41) is 15.2. The minimum Gasteiger partial charge on any atom is -0.436 e. The number of aliphatic hydroxyl groups is 1. The summed E-state index contributed by atoms with van der Waals surface area (Å²) in [5.41, 5.74) is 2.43. The second-order valence-electron chi connectivity index (χ2n) is 7.86. The third-order valence-corrected chi connectivity index (χ3v) is 5.19. The average Bonchev–Trinajstić information content (AvgIpc) is 3.14. The maximum atomic E-state index is 14.4. The lowest BCUT2D eigenvalue weighted by atomic mass is 10.1. The number of aromatic nitrogens is 2. The van der Waals surface area contributed by atoms with E-state index in [0.29, 0.717) is 38.7 Å². The van der Waals surface area contributed by atoms with Gasteiger partial charge in [-0.25, -0.2) is 9.07 Å². The second kappa shape index (κ2) is 13.0. The normalized spacial score (nSPS) is 12.1. The van der Waals surface area contributed by atoms with E-state index in [1.165, 1.54) is 6.07 Å². The number of hydrogen-bond acceptors (Lipinski definition) is 6. The van der Waals surface area contributed by atoms with Gasteiger partial charge in [0.15, 0.2) is 11.6 Å². The summed E-state index contributed by atoms with van der Waals surface area (Å²) < 4.78 is 32.7. The smallest absolute Gasteiger partial charge is 0.222 e. The van der Waals surface area contributed by atoms with E-state index in [1.807, 2.05) is 35.2 Å². The van der Waals surface area contributed by atoms with Crippen molar-refractivity contribution in [2.45, 2.75) is 12.6 Å². The maximum Gasteiger partial charge on any atom is 0.222 e. The number of methoxy groups -OCH3 is 1. The summed E-state index contributed by atoms with van der Waals surface area (Å²) in [5.74, 6) is 0.0957. The summed E-state index contributed by atoms with van der Waals surface area (Å²) in [7, 11) is 3.40. The van der Waals surface area contributed by atoms with Gasteiger partial charge in [-0.1, -0.05) is 48.5 Å². The first kappa shape index (κ1) is 25.6. The van der Waals surface area contributed by atoms with Crippen molar-refractivity contribution in [2.75, 3.05) is 40.0 Å². The Morgan fingerprint density at radius 1 is 1.18 bits per heavy atom. The summed E-state index contributed by atoms with van der Waals surface area (Å²) >= 11 is 0. The van der Waals surface area contributed by atoms with Crippen molar-refractivity contribution in [3.8, 4) is 22.9 Å². The van der Waals surface area contributed by atoms with Crippen LogP contribution in [0.15, 0.2) is 67.3 Å². The van der Waals surface area contributed by atoms with Crippen molar-refractivity contribution >= 4 is 0 Å². The third kappa shape index (κ3) is 6.98. The lowest BCUT2D eigenvalue weighted by Crippen LogP contribution is -2.36. The van der Waals surface area contributed by atoms with Gasteiger partial charge in [0, 0.05) is 39.4 Å². The van der Waals surface area contributed by atoms with E-state index in [1.54, 1.807) is 43.1 Å². The van der Waals surface area contributed by atoms with Crippen LogP contribution in [0, 0.1) is 5.82 Å². The van der Waals surface area contributed by atoms with Crippen LogP contribution in [0.25, 0.3) is 11.3 Å². The molecule has 0 amide bonds. The zero-order valence-corrected chi connectivity index (χ0v) is 19.7. The van der Waals surface area contributed by atoms with E-state index in [4.69, 9.17) is 19.3 Å². The Morgan fingerprint density at radius 2 is 1.91 bits per heavy atom. The molecule has 182 valence electrons. The van der Waals surface area contributed by atoms with E-state index < -0.39 is 11.9 Å². The highest BCUT2D eigenvalue weighted by molar-refractivity contribution is 5.65. The molecule has 1 atom stereocenters. The Balaban J connectivity index is 1.94. The first-order valence-electron chi connectivity index (χ1n) is 11.1. The van der Waals surface area contributed by atoms with Crippen molar-refractivity contribution < 1.29 is 23.7 Å². The number of aryl methyl sites for hydroxylation is 1. The molecule has 2 aromatic carbocycles. The number of aliphatic hydroxyl groups excluding tert-OH is 1. The van der Waals surface area contributed by atoms with Gasteiger partial charge in [-0.2, -0.15) is 5.10 Å². The van der Waals surface area contributed by atoms with E-state index in [0.717, 1.165) is 16.8 Å². The van der Waals surface area contributed by atoms with E-state index in [9.17, 15) is 9.50 Å². The predicted octanol–water partition coefficient (Wildman–Crippen LogP) is 4.03. The van der Waals surface area contributed by atoms with Crippen molar-refractivity contribution in [1.29, 1.82) is 0 Å². The third-order valence-electron chi connectivity index (χ3n) is 5.19. The van der Waals surface area contributed by atoms with Crippen LogP contribution in [0.5, 0.6) is 11.6 Å². The van der Waals surface area contributed by atoms with E-state index in [2.05, 4.69) is 6.58 Å². The molecule has 0 bridgehead atoms. The highest BCUT2D eigenvalue weighted by Crippen LogP contribution is 2.34. The van der Waals surface area contributed by atoms with Crippen LogP contribution in [0.1, 0.15) is 5.56 Å². The average molecular weight is 470 g/mol. The van der Waals surface area contributed by atoms with Gasteiger partial charge in [-0.15, -0.1) is 6.58 Å². The monoisotopic (exact) mass is 469 g/mol. The zero-order valence-electron chi connectivity index (χ0n) is 19.7. The topological polar surface area (TPSA) is 69.0 Å². The highest BCUT2D eigenvalue weighted by Gasteiger charge is 2.24. The van der Waals surface area contributed by atoms with Gasteiger partial charge in [0.1, 0.15) is 5.69 Å². The zero-order chi connectivity index (χ0) is 24.3. The van der Waals surface area contributed by atoms with Gasteiger partial charge in [0.2, 0.25) is 5.88 Å². The van der Waals surface area contributed by atoms with Gasteiger partial charge in [-0.3, -0.25) is 4.90 Å². The molecule has 0 radical (unpaired) electrons. The van der Waals surface area contributed by atoms with Crippen LogP contribution in [0.4, 0.5) is 4.39 Å². The van der Waals surface area contributed by atoms with E-state index in [-0.39, 0.29) is 12.4 Å². The van der Waals surface area contributed by atoms with Crippen molar-refractivity contribution in [2.24, 2.45) is 7.05 Å². The van der Waals surface area contributed by atoms with Crippen LogP contribution >= 0.6 is 0 Å². The second-order valence-corrected chi connectivity index (χ2v) is 7.86. The van der Waals surface area contributed by atoms with Gasteiger partial charge in [0.25, 0.3) is 0 Å². The molecule has 1 N–H and O–H groups in total. The molecule has 0 unspecified atom stereocenters. The molecule has 0 saturated carbocycles. The molecule has 0 aliphatic carbocycles. The molecule has 1 heterocycles. The summed E-state index contributed by atoms with van der Waals surface area (Å²) in [6.07, 6.45) is 0.938. The van der Waals surface area contributed by atoms with Gasteiger partial charge >= 0.3 is 0 Å². The van der Waals surface area contributed by atoms with Crippen LogP contribution in [0.2, 0.25) is 0 Å². The fourth-order valence-corrected chi connectivity index (χ4v) is 3.60. The number of ether oxygens (including phenoxy) is 3. The molecule has 7 nitrogen and oxygen atoms in total. The molecule has 3 rings (SSSR count). The predicted molar refractivity (Wildman–Crippen MR) is 129 cm³/mol. The molecule has 0 fully saturated rings. The van der Waals surface area contributed by atoms with Crippen LogP contribution in [0.3, 0.4) is 0 Å². The molecular weight excluding hydrogens is 437 g/mol. The van der Waals surface area contributed by atoms with Crippen molar-refractivity contribution in [1.82, 2.24) is 14.7 Å². The van der Waals surface area contributed by atoms with Gasteiger partial charge < -0.3 is 19.3 Å². The lowest BCUT2D eigenvalue weighted by Gasteiger charge is -2.25. The molecule has 8 heteroatoms. The molecular formula is C26H32FN3O4. The summed E-state index contributed by atoms with van der Waals surface area (Å²) in [4.78, 5) is 2.04. The number of nitrogens with zero attached hydrogens (tertiary/aromatic N) is 3.